The lowest BCUT2D eigenvalue weighted by Crippen LogP contribution is -2.32. The molecule has 0 saturated heterocycles. The van der Waals surface area contributed by atoms with Crippen molar-refractivity contribution in [1.82, 2.24) is 10.3 Å². The first-order chi connectivity index (χ1) is 15.8. The molecule has 0 bridgehead atoms. The number of nitro benzene ring substituents is 1. The van der Waals surface area contributed by atoms with E-state index in [2.05, 4.69) is 10.5 Å². The highest BCUT2D eigenvalue weighted by molar-refractivity contribution is 6.06. The summed E-state index contributed by atoms with van der Waals surface area (Å²) in [6, 6.07) is 9.41. The lowest BCUT2D eigenvalue weighted by Gasteiger charge is -2.14. The lowest BCUT2D eigenvalue weighted by molar-refractivity contribution is -0.384. The Kier molecular flexibility index (Phi) is 7.16. The van der Waals surface area contributed by atoms with Crippen LogP contribution in [0.25, 0.3) is 0 Å². The second-order valence-corrected chi connectivity index (χ2v) is 7.38. The van der Waals surface area contributed by atoms with E-state index in [0.29, 0.717) is 47.4 Å². The molecule has 2 amide bonds. The average molecular weight is 448 g/mol. The molecule has 0 spiro atoms. The van der Waals surface area contributed by atoms with Gasteiger partial charge in [0, 0.05) is 29.7 Å². The fourth-order valence-electron chi connectivity index (χ4n) is 3.59. The third-order valence-corrected chi connectivity index (χ3v) is 5.16. The lowest BCUT2D eigenvalue weighted by atomic mass is 9.93. The van der Waals surface area contributed by atoms with Crippen molar-refractivity contribution in [3.63, 3.8) is 0 Å². The zero-order valence-corrected chi connectivity index (χ0v) is 17.8. The number of hydrazone groups is 1. The molecule has 33 heavy (non-hydrogen) atoms. The minimum absolute atomic E-state index is 0.00693. The standard InChI is InChI=1S/C22H20N6O5/c1-14-20-17(25-26-19(29)13-15-5-7-16(8-6-15)28(31)32)3-2-4-18(20)33-21(14)22(30)27(11-9-23)12-10-24/h5-8H,2-4,11-13H2,1H3,(H,26,29)/b25-17+. The molecule has 0 saturated carbocycles. The highest BCUT2D eigenvalue weighted by atomic mass is 16.6. The maximum Gasteiger partial charge on any atom is 0.291 e. The molecule has 3 rings (SSSR count). The summed E-state index contributed by atoms with van der Waals surface area (Å²) < 4.78 is 5.78. The van der Waals surface area contributed by atoms with Gasteiger partial charge in [0.05, 0.1) is 29.2 Å². The van der Waals surface area contributed by atoms with Gasteiger partial charge in [0.2, 0.25) is 5.91 Å². The Morgan fingerprint density at radius 2 is 1.88 bits per heavy atom. The number of amides is 2. The molecule has 0 aliphatic heterocycles. The Hall–Kier alpha value is -4.51. The number of aryl methyl sites for hydroxylation is 1. The second-order valence-electron chi connectivity index (χ2n) is 7.38. The molecule has 2 aromatic rings. The predicted octanol–water partition coefficient (Wildman–Crippen LogP) is 2.38. The summed E-state index contributed by atoms with van der Waals surface area (Å²) in [5, 5.41) is 32.8. The monoisotopic (exact) mass is 448 g/mol. The van der Waals surface area contributed by atoms with Gasteiger partial charge in [-0.1, -0.05) is 12.1 Å². The van der Waals surface area contributed by atoms with Crippen LogP contribution in [0.15, 0.2) is 33.8 Å². The van der Waals surface area contributed by atoms with Crippen LogP contribution >= 0.6 is 0 Å². The molecule has 1 aliphatic rings. The molecule has 1 aromatic carbocycles. The number of carbonyl (C=O) groups is 2. The number of furan rings is 1. The van der Waals surface area contributed by atoms with E-state index in [1.165, 1.54) is 24.3 Å². The quantitative estimate of drug-likeness (QED) is 0.385. The van der Waals surface area contributed by atoms with Crippen LogP contribution in [-0.2, 0) is 17.6 Å². The van der Waals surface area contributed by atoms with Gasteiger partial charge in [0.1, 0.15) is 18.8 Å². The number of hydrogen-bond donors (Lipinski definition) is 1. The number of fused-ring (bicyclic) bond motifs is 1. The normalized spacial score (nSPS) is 13.5. The number of non-ortho nitro benzene ring substituents is 1. The Labute approximate surface area is 189 Å². The smallest absolute Gasteiger partial charge is 0.291 e. The van der Waals surface area contributed by atoms with Crippen LogP contribution in [-0.4, -0.2) is 40.4 Å². The summed E-state index contributed by atoms with van der Waals surface area (Å²) in [7, 11) is 0. The number of benzene rings is 1. The first kappa shape index (κ1) is 23.2. The van der Waals surface area contributed by atoms with E-state index in [0.717, 1.165) is 4.90 Å². The molecule has 11 heteroatoms. The van der Waals surface area contributed by atoms with E-state index in [9.17, 15) is 19.7 Å². The van der Waals surface area contributed by atoms with Crippen molar-refractivity contribution < 1.29 is 18.9 Å². The SMILES string of the molecule is Cc1c(C(=O)N(CC#N)CC#N)oc2c1/C(=N/NC(=O)Cc1ccc([N+](=O)[O-])cc1)CCC2. The first-order valence-electron chi connectivity index (χ1n) is 10.1. The van der Waals surface area contributed by atoms with Gasteiger partial charge in [0.15, 0.2) is 5.76 Å². The van der Waals surface area contributed by atoms with Crippen LogP contribution in [0.5, 0.6) is 0 Å². The largest absolute Gasteiger partial charge is 0.455 e. The van der Waals surface area contributed by atoms with E-state index in [-0.39, 0.29) is 31.0 Å². The summed E-state index contributed by atoms with van der Waals surface area (Å²) in [5.41, 5.74) is 4.80. The number of nitro groups is 1. The number of nitrogens with one attached hydrogen (secondary N) is 1. The van der Waals surface area contributed by atoms with Crippen LogP contribution in [0.3, 0.4) is 0 Å². The summed E-state index contributed by atoms with van der Waals surface area (Å²) in [5.74, 6) is -0.321. The van der Waals surface area contributed by atoms with Gasteiger partial charge in [-0.3, -0.25) is 19.7 Å². The van der Waals surface area contributed by atoms with Crippen LogP contribution in [0.1, 0.15) is 45.8 Å². The number of nitriles is 2. The zero-order valence-electron chi connectivity index (χ0n) is 17.8. The Morgan fingerprint density at radius 1 is 1.21 bits per heavy atom. The summed E-state index contributed by atoms with van der Waals surface area (Å²) >= 11 is 0. The number of carbonyl (C=O) groups excluding carboxylic acids is 2. The fourth-order valence-corrected chi connectivity index (χ4v) is 3.59. The predicted molar refractivity (Wildman–Crippen MR) is 115 cm³/mol. The van der Waals surface area contributed by atoms with E-state index < -0.39 is 16.7 Å². The molecule has 1 aromatic heterocycles. The molecule has 1 N–H and O–H groups in total. The van der Waals surface area contributed by atoms with Gasteiger partial charge in [-0.25, -0.2) is 5.43 Å². The van der Waals surface area contributed by atoms with Gasteiger partial charge >= 0.3 is 0 Å². The molecule has 1 heterocycles. The van der Waals surface area contributed by atoms with Crippen LogP contribution in [0, 0.1) is 39.7 Å². The Balaban J connectivity index is 1.77. The van der Waals surface area contributed by atoms with E-state index in [4.69, 9.17) is 14.9 Å². The van der Waals surface area contributed by atoms with Gasteiger partial charge in [0.25, 0.3) is 11.6 Å². The molecule has 0 fully saturated rings. The zero-order chi connectivity index (χ0) is 24.0. The number of hydrogen-bond acceptors (Lipinski definition) is 8. The Morgan fingerprint density at radius 3 is 2.48 bits per heavy atom. The van der Waals surface area contributed by atoms with E-state index in [1.807, 2.05) is 12.1 Å². The van der Waals surface area contributed by atoms with Gasteiger partial charge < -0.3 is 9.32 Å². The van der Waals surface area contributed by atoms with E-state index >= 15 is 0 Å². The average Bonchev–Trinajstić information content (AvgIpc) is 3.14. The van der Waals surface area contributed by atoms with Crippen LogP contribution in [0.2, 0.25) is 0 Å². The van der Waals surface area contributed by atoms with Crippen molar-refractivity contribution in [2.24, 2.45) is 5.10 Å². The first-order valence-corrected chi connectivity index (χ1v) is 10.1. The van der Waals surface area contributed by atoms with E-state index in [1.54, 1.807) is 6.92 Å². The molecular weight excluding hydrogens is 428 g/mol. The molecule has 1 aliphatic carbocycles. The second kappa shape index (κ2) is 10.2. The van der Waals surface area contributed by atoms with Crippen LogP contribution in [0.4, 0.5) is 5.69 Å². The Bertz CT molecular complexity index is 1180. The van der Waals surface area contributed by atoms with Gasteiger partial charge in [-0.05, 0) is 25.3 Å². The van der Waals surface area contributed by atoms with Crippen molar-refractivity contribution in [2.45, 2.75) is 32.6 Å². The van der Waals surface area contributed by atoms with Crippen molar-refractivity contribution in [2.75, 3.05) is 13.1 Å². The summed E-state index contributed by atoms with van der Waals surface area (Å²) in [6.07, 6.45) is 1.87. The molecule has 0 atom stereocenters. The maximum atomic E-state index is 12.8. The molecule has 0 unspecified atom stereocenters. The van der Waals surface area contributed by atoms with Crippen LogP contribution < -0.4 is 5.43 Å². The molecular formula is C22H20N6O5. The van der Waals surface area contributed by atoms with Crippen molar-refractivity contribution in [3.8, 4) is 12.1 Å². The molecule has 0 radical (unpaired) electrons. The molecule has 168 valence electrons. The topological polar surface area (TPSA) is 166 Å². The highest BCUT2D eigenvalue weighted by Gasteiger charge is 2.30. The summed E-state index contributed by atoms with van der Waals surface area (Å²) in [6.45, 7) is 1.22. The number of rotatable bonds is 7. The highest BCUT2D eigenvalue weighted by Crippen LogP contribution is 2.30. The van der Waals surface area contributed by atoms with Crippen molar-refractivity contribution in [1.29, 1.82) is 10.5 Å². The minimum atomic E-state index is -0.549. The van der Waals surface area contributed by atoms with Gasteiger partial charge in [-0.15, -0.1) is 0 Å². The third kappa shape index (κ3) is 5.22. The molecule has 11 nitrogen and oxygen atoms in total. The number of nitrogens with zero attached hydrogens (tertiary/aromatic N) is 5. The third-order valence-electron chi connectivity index (χ3n) is 5.16. The van der Waals surface area contributed by atoms with Gasteiger partial charge in [-0.2, -0.15) is 15.6 Å². The van der Waals surface area contributed by atoms with Crippen molar-refractivity contribution in [3.05, 3.63) is 62.6 Å². The fraction of sp³-hybridized carbons (Fsp3) is 0.318. The van der Waals surface area contributed by atoms with Crippen molar-refractivity contribution >= 4 is 23.2 Å². The summed E-state index contributed by atoms with van der Waals surface area (Å²) in [4.78, 5) is 36.4. The minimum Gasteiger partial charge on any atom is -0.455 e. The maximum absolute atomic E-state index is 12.8.